The fraction of sp³-hybridized carbons (Fsp3) is 0.444. The average Bonchev–Trinajstić information content (AvgIpc) is 2.92. The van der Waals surface area contributed by atoms with E-state index in [4.69, 9.17) is 31.8 Å². The predicted octanol–water partition coefficient (Wildman–Crippen LogP) is 3.67. The molecule has 0 saturated carbocycles. The lowest BCUT2D eigenvalue weighted by Gasteiger charge is -2.32. The first kappa shape index (κ1) is 27.2. The highest BCUT2D eigenvalue weighted by Gasteiger charge is 2.20. The first-order valence-electron chi connectivity index (χ1n) is 12.8. The summed E-state index contributed by atoms with van der Waals surface area (Å²) in [5.41, 5.74) is 7.64. The van der Waals surface area contributed by atoms with Gasteiger partial charge in [-0.1, -0.05) is 41.9 Å². The van der Waals surface area contributed by atoms with Crippen molar-refractivity contribution in [3.05, 3.63) is 65.2 Å². The Morgan fingerprint density at radius 2 is 1.57 bits per heavy atom. The van der Waals surface area contributed by atoms with Gasteiger partial charge in [0.05, 0.1) is 26.4 Å². The minimum absolute atomic E-state index is 0.303. The third kappa shape index (κ3) is 9.21. The molecule has 1 aliphatic heterocycles. The summed E-state index contributed by atoms with van der Waals surface area (Å²) >= 11 is 6.08. The molecule has 3 aromatic rings. The summed E-state index contributed by atoms with van der Waals surface area (Å²) in [7, 11) is 0. The van der Waals surface area contributed by atoms with Gasteiger partial charge in [0, 0.05) is 49.4 Å². The van der Waals surface area contributed by atoms with Gasteiger partial charge in [-0.2, -0.15) is 15.0 Å². The number of likely N-dealkylation sites (tertiary alicyclic amines) is 1. The summed E-state index contributed by atoms with van der Waals surface area (Å²) in [6.45, 7) is 6.22. The Morgan fingerprint density at radius 1 is 0.865 bits per heavy atom. The second-order valence-corrected chi connectivity index (χ2v) is 9.37. The van der Waals surface area contributed by atoms with Crippen molar-refractivity contribution >= 4 is 23.5 Å². The molecule has 1 aliphatic rings. The fourth-order valence-corrected chi connectivity index (χ4v) is 4.27. The van der Waals surface area contributed by atoms with E-state index in [9.17, 15) is 0 Å². The quantitative estimate of drug-likeness (QED) is 0.271. The van der Waals surface area contributed by atoms with Gasteiger partial charge in [0.25, 0.3) is 0 Å². The lowest BCUT2D eigenvalue weighted by Crippen LogP contribution is -2.39. The van der Waals surface area contributed by atoms with E-state index in [2.05, 4.69) is 55.8 Å². The van der Waals surface area contributed by atoms with Crippen molar-refractivity contribution in [1.29, 1.82) is 0 Å². The van der Waals surface area contributed by atoms with E-state index < -0.39 is 0 Å². The van der Waals surface area contributed by atoms with Crippen LogP contribution in [0.15, 0.2) is 54.6 Å². The van der Waals surface area contributed by atoms with Crippen LogP contribution in [-0.4, -0.2) is 78.5 Å². The van der Waals surface area contributed by atoms with Crippen LogP contribution in [0.4, 0.5) is 11.9 Å². The van der Waals surface area contributed by atoms with Crippen molar-refractivity contribution in [2.75, 3.05) is 63.2 Å². The van der Waals surface area contributed by atoms with Crippen molar-refractivity contribution in [2.45, 2.75) is 25.4 Å². The van der Waals surface area contributed by atoms with E-state index in [1.165, 1.54) is 5.56 Å². The molecule has 10 heteroatoms. The van der Waals surface area contributed by atoms with Gasteiger partial charge in [0.15, 0.2) is 5.82 Å². The number of ether oxygens (including phenoxy) is 2. The van der Waals surface area contributed by atoms with Crippen molar-refractivity contribution < 1.29 is 9.47 Å². The van der Waals surface area contributed by atoms with Gasteiger partial charge in [-0.25, -0.2) is 0 Å². The standard InChI is InChI=1S/C27H36ClN7O2/c28-23-8-6-22(7-9-23)25-32-26(30-13-17-37-19-18-36-16-12-29)34-27(33-25)31-24-10-14-35(15-11-24)20-21-4-2-1-3-5-21/h1-9,24H,10-20,29H2,(H2,30,31,32,33,34). The Bertz CT molecular complexity index is 1060. The van der Waals surface area contributed by atoms with Crippen LogP contribution in [0.1, 0.15) is 18.4 Å². The molecule has 4 N–H and O–H groups in total. The highest BCUT2D eigenvalue weighted by Crippen LogP contribution is 2.22. The molecule has 0 spiro atoms. The van der Waals surface area contributed by atoms with Gasteiger partial charge in [-0.15, -0.1) is 0 Å². The van der Waals surface area contributed by atoms with Crippen LogP contribution in [-0.2, 0) is 16.0 Å². The van der Waals surface area contributed by atoms with Crippen LogP contribution < -0.4 is 16.4 Å². The zero-order chi connectivity index (χ0) is 25.7. The molecule has 198 valence electrons. The minimum Gasteiger partial charge on any atom is -0.378 e. The number of piperidine rings is 1. The number of aromatic nitrogens is 3. The molecular weight excluding hydrogens is 490 g/mol. The SMILES string of the molecule is NCCOCCOCCNc1nc(NC2CCN(Cc3ccccc3)CC2)nc(-c2ccc(Cl)cc2)n1. The van der Waals surface area contributed by atoms with Crippen molar-refractivity contribution in [1.82, 2.24) is 19.9 Å². The molecule has 1 fully saturated rings. The Kier molecular flexibility index (Phi) is 10.9. The van der Waals surface area contributed by atoms with Gasteiger partial charge in [-0.05, 0) is 42.7 Å². The van der Waals surface area contributed by atoms with Crippen LogP contribution >= 0.6 is 11.6 Å². The van der Waals surface area contributed by atoms with Crippen LogP contribution in [0.25, 0.3) is 11.4 Å². The van der Waals surface area contributed by atoms with E-state index in [0.717, 1.165) is 38.0 Å². The number of anilines is 2. The van der Waals surface area contributed by atoms with E-state index in [0.29, 0.717) is 68.3 Å². The molecule has 0 amide bonds. The Labute approximate surface area is 223 Å². The third-order valence-corrected chi connectivity index (χ3v) is 6.32. The second kappa shape index (κ2) is 14.8. The van der Waals surface area contributed by atoms with E-state index in [1.807, 2.05) is 24.3 Å². The number of rotatable bonds is 14. The molecule has 2 aromatic carbocycles. The van der Waals surface area contributed by atoms with Crippen LogP contribution in [0, 0.1) is 0 Å². The maximum atomic E-state index is 6.08. The summed E-state index contributed by atoms with van der Waals surface area (Å²) in [4.78, 5) is 16.5. The molecule has 0 aliphatic carbocycles. The van der Waals surface area contributed by atoms with Crippen LogP contribution in [0.3, 0.4) is 0 Å². The zero-order valence-electron chi connectivity index (χ0n) is 21.1. The van der Waals surface area contributed by atoms with Gasteiger partial charge in [0.2, 0.25) is 11.9 Å². The lowest BCUT2D eigenvalue weighted by atomic mass is 10.0. The van der Waals surface area contributed by atoms with Gasteiger partial charge in [0.1, 0.15) is 0 Å². The highest BCUT2D eigenvalue weighted by molar-refractivity contribution is 6.30. The summed E-state index contributed by atoms with van der Waals surface area (Å²) in [6.07, 6.45) is 2.05. The lowest BCUT2D eigenvalue weighted by molar-refractivity contribution is 0.0547. The van der Waals surface area contributed by atoms with Crippen molar-refractivity contribution in [3.8, 4) is 11.4 Å². The summed E-state index contributed by atoms with van der Waals surface area (Å²) in [6, 6.07) is 18.4. The van der Waals surface area contributed by atoms with Crippen LogP contribution in [0.2, 0.25) is 5.02 Å². The highest BCUT2D eigenvalue weighted by atomic mass is 35.5. The van der Waals surface area contributed by atoms with Crippen LogP contribution in [0.5, 0.6) is 0 Å². The molecule has 0 atom stereocenters. The smallest absolute Gasteiger partial charge is 0.228 e. The molecule has 37 heavy (non-hydrogen) atoms. The molecule has 1 aromatic heterocycles. The maximum Gasteiger partial charge on any atom is 0.228 e. The number of halogens is 1. The summed E-state index contributed by atoms with van der Waals surface area (Å²) in [5, 5.41) is 7.47. The third-order valence-electron chi connectivity index (χ3n) is 6.07. The van der Waals surface area contributed by atoms with Gasteiger partial charge in [-0.3, -0.25) is 4.90 Å². The van der Waals surface area contributed by atoms with E-state index in [-0.39, 0.29) is 0 Å². The first-order valence-corrected chi connectivity index (χ1v) is 13.2. The largest absolute Gasteiger partial charge is 0.378 e. The number of nitrogens with two attached hydrogens (primary N) is 1. The second-order valence-electron chi connectivity index (χ2n) is 8.93. The Hall–Kier alpha value is -2.82. The maximum absolute atomic E-state index is 6.08. The van der Waals surface area contributed by atoms with Gasteiger partial charge < -0.3 is 25.8 Å². The molecule has 0 radical (unpaired) electrons. The van der Waals surface area contributed by atoms with Crippen molar-refractivity contribution in [2.24, 2.45) is 5.73 Å². The van der Waals surface area contributed by atoms with E-state index >= 15 is 0 Å². The number of hydrogen-bond donors (Lipinski definition) is 3. The number of hydrogen-bond acceptors (Lipinski definition) is 9. The average molecular weight is 526 g/mol. The molecule has 0 bridgehead atoms. The Morgan fingerprint density at radius 3 is 2.30 bits per heavy atom. The molecule has 4 rings (SSSR count). The first-order chi connectivity index (χ1) is 18.2. The van der Waals surface area contributed by atoms with E-state index in [1.54, 1.807) is 0 Å². The predicted molar refractivity (Wildman–Crippen MR) is 148 cm³/mol. The normalized spacial score (nSPS) is 14.5. The van der Waals surface area contributed by atoms with Gasteiger partial charge >= 0.3 is 0 Å². The molecule has 2 heterocycles. The number of nitrogens with one attached hydrogen (secondary N) is 2. The fourth-order valence-electron chi connectivity index (χ4n) is 4.15. The Balaban J connectivity index is 1.34. The molecule has 0 unspecified atom stereocenters. The topological polar surface area (TPSA) is 110 Å². The molecular formula is C27H36ClN7O2. The molecule has 1 saturated heterocycles. The number of nitrogens with zero attached hydrogens (tertiary/aromatic N) is 4. The molecule has 9 nitrogen and oxygen atoms in total. The number of benzene rings is 2. The minimum atomic E-state index is 0.303. The summed E-state index contributed by atoms with van der Waals surface area (Å²) < 4.78 is 10.9. The monoisotopic (exact) mass is 525 g/mol. The van der Waals surface area contributed by atoms with Crippen molar-refractivity contribution in [3.63, 3.8) is 0 Å². The zero-order valence-corrected chi connectivity index (χ0v) is 21.9. The summed E-state index contributed by atoms with van der Waals surface area (Å²) in [5.74, 6) is 1.67.